The molecule has 0 aromatic heterocycles. The lowest BCUT2D eigenvalue weighted by Gasteiger charge is -2.41. The molecule has 0 saturated carbocycles. The Hall–Kier alpha value is -4.25. The second-order valence-corrected chi connectivity index (χ2v) is 8.35. The third kappa shape index (κ3) is 6.35. The topological polar surface area (TPSA) is 138 Å². The molecule has 38 heavy (non-hydrogen) atoms. The molecule has 5 atom stereocenters. The van der Waals surface area contributed by atoms with Crippen LogP contribution < -0.4 is 4.74 Å². The average Bonchev–Trinajstić information content (AvgIpc) is 2.96. The highest BCUT2D eigenvalue weighted by Crippen LogP contribution is 2.27. The van der Waals surface area contributed by atoms with Crippen molar-refractivity contribution in [2.24, 2.45) is 0 Å². The molecule has 1 saturated heterocycles. The molecular formula is C28H26O10. The van der Waals surface area contributed by atoms with Crippen LogP contribution in [0.1, 0.15) is 31.1 Å². The van der Waals surface area contributed by atoms with Crippen LogP contribution >= 0.6 is 0 Å². The maximum Gasteiger partial charge on any atom is 0.338 e. The SMILES string of the molecule is COc1ccc(C(=O)OC[C@H]2O[C@@H](O)[C@H](OC(=O)c3ccccc3)[C@@H](OC(=O)c3ccccc3)[C@H]2O)cc1. The number of carbonyl (C=O) groups excluding carboxylic acids is 3. The van der Waals surface area contributed by atoms with Gasteiger partial charge in [0.25, 0.3) is 0 Å². The quantitative estimate of drug-likeness (QED) is 0.335. The van der Waals surface area contributed by atoms with Crippen molar-refractivity contribution in [2.45, 2.75) is 30.7 Å². The summed E-state index contributed by atoms with van der Waals surface area (Å²) in [6, 6.07) is 22.1. The smallest absolute Gasteiger partial charge is 0.338 e. The van der Waals surface area contributed by atoms with Gasteiger partial charge in [0.2, 0.25) is 0 Å². The fourth-order valence-electron chi connectivity index (χ4n) is 3.81. The van der Waals surface area contributed by atoms with Gasteiger partial charge in [-0.1, -0.05) is 36.4 Å². The van der Waals surface area contributed by atoms with Gasteiger partial charge < -0.3 is 33.9 Å². The lowest BCUT2D eigenvalue weighted by atomic mass is 9.98. The highest BCUT2D eigenvalue weighted by Gasteiger charge is 2.50. The standard InChI is InChI=1S/C28H26O10/c1-34-20-14-12-19(13-15-20)25(30)35-16-21-22(29)23(37-26(31)17-8-4-2-5-9-17)24(28(33)36-21)38-27(32)18-10-6-3-7-11-18/h2-15,21-24,28-29,33H,16H2,1H3/t21-,22+,23+,24-,28-/m1/s1. The van der Waals surface area contributed by atoms with Gasteiger partial charge in [-0.3, -0.25) is 0 Å². The first-order valence-corrected chi connectivity index (χ1v) is 11.7. The Kier molecular flexibility index (Phi) is 8.70. The number of methoxy groups -OCH3 is 1. The van der Waals surface area contributed by atoms with Gasteiger partial charge in [-0.25, -0.2) is 14.4 Å². The van der Waals surface area contributed by atoms with Gasteiger partial charge in [-0.05, 0) is 48.5 Å². The van der Waals surface area contributed by atoms with E-state index in [0.29, 0.717) is 5.75 Å². The highest BCUT2D eigenvalue weighted by atomic mass is 16.7. The van der Waals surface area contributed by atoms with Crippen LogP contribution in [0.3, 0.4) is 0 Å². The number of ether oxygens (including phenoxy) is 5. The summed E-state index contributed by atoms with van der Waals surface area (Å²) in [4.78, 5) is 37.9. The summed E-state index contributed by atoms with van der Waals surface area (Å²) in [5, 5.41) is 21.7. The zero-order valence-electron chi connectivity index (χ0n) is 20.3. The Bertz CT molecular complexity index is 1230. The molecule has 1 heterocycles. The molecule has 10 nitrogen and oxygen atoms in total. The number of aliphatic hydroxyl groups is 2. The van der Waals surface area contributed by atoms with Crippen LogP contribution in [0.15, 0.2) is 84.9 Å². The van der Waals surface area contributed by atoms with Crippen LogP contribution in [0.25, 0.3) is 0 Å². The van der Waals surface area contributed by atoms with Crippen LogP contribution in [-0.4, -0.2) is 72.5 Å². The molecule has 10 heteroatoms. The van der Waals surface area contributed by atoms with Gasteiger partial charge >= 0.3 is 17.9 Å². The second-order valence-electron chi connectivity index (χ2n) is 8.35. The largest absolute Gasteiger partial charge is 0.497 e. The van der Waals surface area contributed by atoms with Crippen LogP contribution in [0.5, 0.6) is 5.75 Å². The van der Waals surface area contributed by atoms with E-state index in [9.17, 15) is 24.6 Å². The van der Waals surface area contributed by atoms with Gasteiger partial charge in [0.05, 0.1) is 23.8 Å². The molecule has 1 aliphatic heterocycles. The molecule has 2 N–H and O–H groups in total. The summed E-state index contributed by atoms with van der Waals surface area (Å²) in [7, 11) is 1.49. The minimum Gasteiger partial charge on any atom is -0.497 e. The van der Waals surface area contributed by atoms with E-state index in [1.807, 2.05) is 0 Å². The molecule has 0 radical (unpaired) electrons. The minimum absolute atomic E-state index is 0.177. The molecule has 0 unspecified atom stereocenters. The molecule has 4 rings (SSSR count). The predicted octanol–water partition coefficient (Wildman–Crippen LogP) is 2.38. The number of hydrogen-bond acceptors (Lipinski definition) is 10. The summed E-state index contributed by atoms with van der Waals surface area (Å²) < 4.78 is 26.6. The Balaban J connectivity index is 1.50. The molecule has 1 aliphatic rings. The van der Waals surface area contributed by atoms with Crippen LogP contribution in [0.4, 0.5) is 0 Å². The Morgan fingerprint density at radius 2 is 1.21 bits per heavy atom. The summed E-state index contributed by atoms with van der Waals surface area (Å²) in [6.07, 6.45) is -7.83. The van der Waals surface area contributed by atoms with Crippen molar-refractivity contribution in [1.29, 1.82) is 0 Å². The Labute approximate surface area is 218 Å². The van der Waals surface area contributed by atoms with Crippen molar-refractivity contribution in [3.63, 3.8) is 0 Å². The van der Waals surface area contributed by atoms with Crippen molar-refractivity contribution in [3.05, 3.63) is 102 Å². The Morgan fingerprint density at radius 1 is 0.711 bits per heavy atom. The van der Waals surface area contributed by atoms with E-state index >= 15 is 0 Å². The number of esters is 3. The van der Waals surface area contributed by atoms with E-state index in [0.717, 1.165) is 0 Å². The van der Waals surface area contributed by atoms with E-state index < -0.39 is 55.2 Å². The molecule has 3 aromatic rings. The normalized spacial score (nSPS) is 22.7. The molecular weight excluding hydrogens is 496 g/mol. The van der Waals surface area contributed by atoms with Gasteiger partial charge in [0.15, 0.2) is 18.5 Å². The first-order chi connectivity index (χ1) is 18.4. The zero-order valence-corrected chi connectivity index (χ0v) is 20.3. The molecule has 0 aliphatic carbocycles. The monoisotopic (exact) mass is 522 g/mol. The van der Waals surface area contributed by atoms with Crippen molar-refractivity contribution in [3.8, 4) is 5.75 Å². The summed E-state index contributed by atoms with van der Waals surface area (Å²) in [5.41, 5.74) is 0.576. The van der Waals surface area contributed by atoms with Crippen molar-refractivity contribution >= 4 is 17.9 Å². The molecule has 3 aromatic carbocycles. The number of hydrogen-bond donors (Lipinski definition) is 2. The predicted molar refractivity (Wildman–Crippen MR) is 131 cm³/mol. The number of benzene rings is 3. The fraction of sp³-hybridized carbons (Fsp3) is 0.250. The maximum atomic E-state index is 12.8. The van der Waals surface area contributed by atoms with Gasteiger partial charge in [0.1, 0.15) is 24.6 Å². The lowest BCUT2D eigenvalue weighted by molar-refractivity contribution is -0.284. The second kappa shape index (κ2) is 12.3. The van der Waals surface area contributed by atoms with Gasteiger partial charge in [-0.15, -0.1) is 0 Å². The van der Waals surface area contributed by atoms with Crippen molar-refractivity contribution in [2.75, 3.05) is 13.7 Å². The number of aliphatic hydroxyl groups excluding tert-OH is 2. The van der Waals surface area contributed by atoms with E-state index in [4.69, 9.17) is 23.7 Å². The van der Waals surface area contributed by atoms with Crippen LogP contribution in [-0.2, 0) is 18.9 Å². The third-order valence-electron chi connectivity index (χ3n) is 5.85. The highest BCUT2D eigenvalue weighted by molar-refractivity contribution is 5.90. The van der Waals surface area contributed by atoms with Crippen LogP contribution in [0.2, 0.25) is 0 Å². The third-order valence-corrected chi connectivity index (χ3v) is 5.85. The van der Waals surface area contributed by atoms with E-state index in [1.54, 1.807) is 48.5 Å². The zero-order chi connectivity index (χ0) is 27.1. The van der Waals surface area contributed by atoms with Gasteiger partial charge in [-0.2, -0.15) is 0 Å². The number of carbonyl (C=O) groups is 3. The number of rotatable bonds is 8. The summed E-state index contributed by atoms with van der Waals surface area (Å²) in [6.45, 7) is -0.484. The lowest BCUT2D eigenvalue weighted by Crippen LogP contribution is -2.61. The maximum absolute atomic E-state index is 12.8. The fourth-order valence-corrected chi connectivity index (χ4v) is 3.81. The van der Waals surface area contributed by atoms with Crippen molar-refractivity contribution < 1.29 is 48.3 Å². The summed E-state index contributed by atoms with van der Waals surface area (Å²) >= 11 is 0. The molecule has 0 bridgehead atoms. The molecule has 0 amide bonds. The van der Waals surface area contributed by atoms with E-state index in [-0.39, 0.29) is 16.7 Å². The van der Waals surface area contributed by atoms with Crippen LogP contribution in [0, 0.1) is 0 Å². The Morgan fingerprint density at radius 3 is 1.74 bits per heavy atom. The molecule has 1 fully saturated rings. The first kappa shape index (κ1) is 26.8. The molecule has 0 spiro atoms. The average molecular weight is 523 g/mol. The minimum atomic E-state index is -1.80. The van der Waals surface area contributed by atoms with E-state index in [2.05, 4.69) is 0 Å². The van der Waals surface area contributed by atoms with E-state index in [1.165, 1.54) is 43.5 Å². The summed E-state index contributed by atoms with van der Waals surface area (Å²) in [5.74, 6) is -1.81. The van der Waals surface area contributed by atoms with Crippen molar-refractivity contribution in [1.82, 2.24) is 0 Å². The molecule has 198 valence electrons. The van der Waals surface area contributed by atoms with Gasteiger partial charge in [0, 0.05) is 0 Å². The first-order valence-electron chi connectivity index (χ1n) is 11.7.